The van der Waals surface area contributed by atoms with Crippen molar-refractivity contribution in [2.75, 3.05) is 7.11 Å². The fourth-order valence-electron chi connectivity index (χ4n) is 1.67. The van der Waals surface area contributed by atoms with Crippen LogP contribution in [-0.2, 0) is 6.54 Å². The van der Waals surface area contributed by atoms with Crippen molar-refractivity contribution in [3.63, 3.8) is 0 Å². The van der Waals surface area contributed by atoms with Crippen LogP contribution < -0.4 is 15.4 Å². The number of hydrogen-bond acceptors (Lipinski definition) is 4. The molecule has 1 aromatic heterocycles. The molecule has 0 bridgehead atoms. The Hall–Kier alpha value is -2.47. The van der Waals surface area contributed by atoms with Crippen LogP contribution in [-0.4, -0.2) is 23.1 Å². The van der Waals surface area contributed by atoms with Gasteiger partial charge in [0.05, 0.1) is 7.11 Å². The Labute approximate surface area is 128 Å². The Bertz CT molecular complexity index is 632. The monoisotopic (exact) mass is 301 g/mol. The van der Waals surface area contributed by atoms with Crippen LogP contribution in [0.2, 0.25) is 0 Å². The fourth-order valence-corrected chi connectivity index (χ4v) is 1.83. The smallest absolute Gasteiger partial charge is 0.257 e. The van der Waals surface area contributed by atoms with Gasteiger partial charge in [-0.25, -0.2) is 0 Å². The van der Waals surface area contributed by atoms with Gasteiger partial charge < -0.3 is 10.1 Å². The number of thiocarbonyl (C=S) groups is 1. The van der Waals surface area contributed by atoms with E-state index in [4.69, 9.17) is 17.0 Å². The lowest BCUT2D eigenvalue weighted by atomic mass is 10.2. The van der Waals surface area contributed by atoms with E-state index in [9.17, 15) is 4.79 Å². The van der Waals surface area contributed by atoms with Crippen molar-refractivity contribution in [3.05, 3.63) is 59.9 Å². The van der Waals surface area contributed by atoms with Gasteiger partial charge in [0.25, 0.3) is 5.91 Å². The lowest BCUT2D eigenvalue weighted by molar-refractivity contribution is 0.0976. The maximum absolute atomic E-state index is 12.0. The molecule has 21 heavy (non-hydrogen) atoms. The summed E-state index contributed by atoms with van der Waals surface area (Å²) in [4.78, 5) is 16.0. The van der Waals surface area contributed by atoms with Gasteiger partial charge in [-0.1, -0.05) is 12.1 Å². The van der Waals surface area contributed by atoms with Crippen LogP contribution in [0.25, 0.3) is 0 Å². The third-order valence-corrected chi connectivity index (χ3v) is 2.98. The zero-order valence-electron chi connectivity index (χ0n) is 11.5. The van der Waals surface area contributed by atoms with Crippen LogP contribution in [0.15, 0.2) is 48.8 Å². The molecule has 0 saturated carbocycles. The summed E-state index contributed by atoms with van der Waals surface area (Å²) in [7, 11) is 1.55. The summed E-state index contributed by atoms with van der Waals surface area (Å²) >= 11 is 5.10. The van der Waals surface area contributed by atoms with Crippen LogP contribution in [0.4, 0.5) is 0 Å². The number of ether oxygens (including phenoxy) is 1. The van der Waals surface area contributed by atoms with Gasteiger partial charge in [-0.05, 0) is 42.0 Å². The van der Waals surface area contributed by atoms with Gasteiger partial charge in [0.15, 0.2) is 5.11 Å². The van der Waals surface area contributed by atoms with Gasteiger partial charge in [-0.15, -0.1) is 0 Å². The van der Waals surface area contributed by atoms with E-state index >= 15 is 0 Å². The molecular weight excluding hydrogens is 286 g/mol. The van der Waals surface area contributed by atoms with Crippen molar-refractivity contribution < 1.29 is 9.53 Å². The molecule has 2 aromatic rings. The maximum atomic E-state index is 12.0. The number of amides is 1. The molecule has 1 aromatic carbocycles. The number of pyridine rings is 1. The first kappa shape index (κ1) is 14.9. The second-order valence-electron chi connectivity index (χ2n) is 4.23. The number of benzene rings is 1. The highest BCUT2D eigenvalue weighted by molar-refractivity contribution is 7.80. The molecule has 0 aliphatic carbocycles. The van der Waals surface area contributed by atoms with Crippen molar-refractivity contribution in [2.45, 2.75) is 6.54 Å². The second-order valence-corrected chi connectivity index (χ2v) is 4.64. The molecule has 0 aliphatic heterocycles. The lowest BCUT2D eigenvalue weighted by Crippen LogP contribution is -2.38. The number of nitrogens with zero attached hydrogens (tertiary/aromatic N) is 1. The van der Waals surface area contributed by atoms with E-state index in [-0.39, 0.29) is 11.0 Å². The quantitative estimate of drug-likeness (QED) is 0.845. The molecule has 0 spiro atoms. The molecule has 2 rings (SSSR count). The van der Waals surface area contributed by atoms with Crippen LogP contribution in [0.5, 0.6) is 5.75 Å². The highest BCUT2D eigenvalue weighted by Crippen LogP contribution is 2.12. The van der Waals surface area contributed by atoms with E-state index in [1.165, 1.54) is 0 Å². The predicted molar refractivity (Wildman–Crippen MR) is 84.1 cm³/mol. The zero-order chi connectivity index (χ0) is 15.1. The van der Waals surface area contributed by atoms with Gasteiger partial charge in [-0.3, -0.25) is 15.1 Å². The third-order valence-electron chi connectivity index (χ3n) is 2.73. The number of aromatic nitrogens is 1. The molecule has 1 heterocycles. The van der Waals surface area contributed by atoms with E-state index in [1.54, 1.807) is 43.8 Å². The van der Waals surface area contributed by atoms with Crippen molar-refractivity contribution in [1.82, 2.24) is 15.6 Å². The number of carbonyl (C=O) groups excluding carboxylic acids is 1. The average Bonchev–Trinajstić information content (AvgIpc) is 2.54. The lowest BCUT2D eigenvalue weighted by Gasteiger charge is -2.10. The highest BCUT2D eigenvalue weighted by atomic mass is 32.1. The molecule has 0 radical (unpaired) electrons. The van der Waals surface area contributed by atoms with E-state index < -0.39 is 0 Å². The number of methoxy groups -OCH3 is 1. The molecule has 108 valence electrons. The van der Waals surface area contributed by atoms with Crippen molar-refractivity contribution in [3.8, 4) is 5.75 Å². The van der Waals surface area contributed by atoms with Crippen LogP contribution in [0.1, 0.15) is 15.9 Å². The molecule has 1 amide bonds. The Kier molecular flexibility index (Phi) is 5.22. The van der Waals surface area contributed by atoms with E-state index in [2.05, 4.69) is 15.6 Å². The predicted octanol–water partition coefficient (Wildman–Crippen LogP) is 1.89. The topological polar surface area (TPSA) is 63.2 Å². The van der Waals surface area contributed by atoms with Crippen molar-refractivity contribution >= 4 is 23.2 Å². The van der Waals surface area contributed by atoms with Crippen molar-refractivity contribution in [1.29, 1.82) is 0 Å². The number of hydrogen-bond donors (Lipinski definition) is 2. The second kappa shape index (κ2) is 7.35. The van der Waals surface area contributed by atoms with E-state index in [0.717, 1.165) is 5.56 Å². The zero-order valence-corrected chi connectivity index (χ0v) is 12.3. The summed E-state index contributed by atoms with van der Waals surface area (Å²) in [5.41, 5.74) is 1.47. The Morgan fingerprint density at radius 2 is 2.19 bits per heavy atom. The molecule has 2 N–H and O–H groups in total. The maximum Gasteiger partial charge on any atom is 0.257 e. The number of nitrogens with one attached hydrogen (secondary N) is 2. The first-order chi connectivity index (χ1) is 10.2. The largest absolute Gasteiger partial charge is 0.497 e. The van der Waals surface area contributed by atoms with Gasteiger partial charge >= 0.3 is 0 Å². The van der Waals surface area contributed by atoms with Gasteiger partial charge in [0, 0.05) is 24.5 Å². The van der Waals surface area contributed by atoms with Crippen molar-refractivity contribution in [2.24, 2.45) is 0 Å². The standard InChI is InChI=1S/C15H15N3O2S/c1-20-13-6-2-5-12(8-13)14(19)18-15(21)17-10-11-4-3-7-16-9-11/h2-9H,10H2,1H3,(H2,17,18,19,21). The molecular formula is C15H15N3O2S. The molecule has 0 saturated heterocycles. The average molecular weight is 301 g/mol. The Balaban J connectivity index is 1.88. The number of rotatable bonds is 4. The molecule has 0 aliphatic rings. The minimum Gasteiger partial charge on any atom is -0.497 e. The first-order valence-corrected chi connectivity index (χ1v) is 6.72. The summed E-state index contributed by atoms with van der Waals surface area (Å²) < 4.78 is 5.08. The molecule has 0 fully saturated rings. The third kappa shape index (κ3) is 4.54. The summed E-state index contributed by atoms with van der Waals surface area (Å²) in [6.45, 7) is 0.505. The summed E-state index contributed by atoms with van der Waals surface area (Å²) in [5, 5.41) is 5.85. The van der Waals surface area contributed by atoms with Crippen LogP contribution in [0, 0.1) is 0 Å². The minimum absolute atomic E-state index is 0.270. The van der Waals surface area contributed by atoms with E-state index in [1.807, 2.05) is 12.1 Å². The first-order valence-electron chi connectivity index (χ1n) is 6.31. The minimum atomic E-state index is -0.280. The fraction of sp³-hybridized carbons (Fsp3) is 0.133. The Morgan fingerprint density at radius 1 is 1.33 bits per heavy atom. The molecule has 5 nitrogen and oxygen atoms in total. The highest BCUT2D eigenvalue weighted by Gasteiger charge is 2.08. The van der Waals surface area contributed by atoms with Crippen LogP contribution >= 0.6 is 12.2 Å². The summed E-state index contributed by atoms with van der Waals surface area (Å²) in [5.74, 6) is 0.342. The van der Waals surface area contributed by atoms with Crippen LogP contribution in [0.3, 0.4) is 0 Å². The van der Waals surface area contributed by atoms with Gasteiger partial charge in [0.2, 0.25) is 0 Å². The summed E-state index contributed by atoms with van der Waals surface area (Å²) in [6, 6.07) is 10.6. The van der Waals surface area contributed by atoms with Gasteiger partial charge in [-0.2, -0.15) is 0 Å². The van der Waals surface area contributed by atoms with Gasteiger partial charge in [0.1, 0.15) is 5.75 Å². The SMILES string of the molecule is COc1cccc(C(=O)NC(=S)NCc2cccnc2)c1. The molecule has 0 unspecified atom stereocenters. The van der Waals surface area contributed by atoms with E-state index in [0.29, 0.717) is 17.9 Å². The molecule has 0 atom stereocenters. The normalized spacial score (nSPS) is 9.76. The Morgan fingerprint density at radius 3 is 2.90 bits per heavy atom. The summed E-state index contributed by atoms with van der Waals surface area (Å²) in [6.07, 6.45) is 3.44. The number of carbonyl (C=O) groups is 1. The molecule has 6 heteroatoms.